The molecule has 1 heterocycles. The lowest BCUT2D eigenvalue weighted by Crippen LogP contribution is -2.14. The standard InChI is InChI=1S/C15H13FN2O3S/c1-9-2-4-12(16)14(6-9)18-22(20,21)11-3-5-13-10(7-11)8-15(19)17-13/h2-7,18H,8H2,1H3,(H,17,19). The van der Waals surface area contributed by atoms with E-state index in [-0.39, 0.29) is 22.9 Å². The van der Waals surface area contributed by atoms with Gasteiger partial charge in [-0.15, -0.1) is 0 Å². The van der Waals surface area contributed by atoms with Gasteiger partial charge in [0.2, 0.25) is 5.91 Å². The van der Waals surface area contributed by atoms with Gasteiger partial charge in [0.1, 0.15) is 5.82 Å². The first kappa shape index (κ1) is 14.5. The number of halogens is 1. The van der Waals surface area contributed by atoms with Gasteiger partial charge in [0.25, 0.3) is 10.0 Å². The Balaban J connectivity index is 1.95. The number of hydrogen-bond donors (Lipinski definition) is 2. The van der Waals surface area contributed by atoms with Gasteiger partial charge in [0, 0.05) is 5.69 Å². The Morgan fingerprint density at radius 2 is 1.95 bits per heavy atom. The highest BCUT2D eigenvalue weighted by atomic mass is 32.2. The topological polar surface area (TPSA) is 75.3 Å². The zero-order valence-electron chi connectivity index (χ0n) is 11.7. The van der Waals surface area contributed by atoms with Gasteiger partial charge in [-0.3, -0.25) is 9.52 Å². The van der Waals surface area contributed by atoms with Crippen LogP contribution in [0.25, 0.3) is 0 Å². The monoisotopic (exact) mass is 320 g/mol. The normalized spacial score (nSPS) is 13.6. The summed E-state index contributed by atoms with van der Waals surface area (Å²) in [5.74, 6) is -0.825. The molecule has 114 valence electrons. The number of aryl methyl sites for hydroxylation is 1. The number of anilines is 2. The molecule has 0 radical (unpaired) electrons. The molecule has 0 unspecified atom stereocenters. The van der Waals surface area contributed by atoms with Crippen molar-refractivity contribution in [3.05, 3.63) is 53.3 Å². The molecular weight excluding hydrogens is 307 g/mol. The Kier molecular flexibility index (Phi) is 3.37. The number of hydrogen-bond acceptors (Lipinski definition) is 3. The molecule has 2 aromatic rings. The molecule has 2 N–H and O–H groups in total. The Hall–Kier alpha value is -2.41. The molecule has 22 heavy (non-hydrogen) atoms. The van der Waals surface area contributed by atoms with Crippen LogP contribution >= 0.6 is 0 Å². The second kappa shape index (κ2) is 5.10. The molecule has 5 nitrogen and oxygen atoms in total. The minimum absolute atomic E-state index is 0.0105. The molecule has 0 spiro atoms. The summed E-state index contributed by atoms with van der Waals surface area (Å²) in [4.78, 5) is 11.3. The van der Waals surface area contributed by atoms with Crippen molar-refractivity contribution < 1.29 is 17.6 Å². The number of rotatable bonds is 3. The van der Waals surface area contributed by atoms with Crippen molar-refractivity contribution >= 4 is 27.3 Å². The highest BCUT2D eigenvalue weighted by Crippen LogP contribution is 2.27. The Bertz CT molecular complexity index is 878. The van der Waals surface area contributed by atoms with Gasteiger partial charge >= 0.3 is 0 Å². The molecular formula is C15H13FN2O3S. The van der Waals surface area contributed by atoms with Crippen molar-refractivity contribution in [2.24, 2.45) is 0 Å². The van der Waals surface area contributed by atoms with E-state index in [9.17, 15) is 17.6 Å². The SMILES string of the molecule is Cc1ccc(F)c(NS(=O)(=O)c2ccc3c(c2)CC(=O)N3)c1. The first-order valence-corrected chi connectivity index (χ1v) is 8.05. The van der Waals surface area contributed by atoms with Crippen LogP contribution in [0.1, 0.15) is 11.1 Å². The third kappa shape index (κ3) is 2.67. The van der Waals surface area contributed by atoms with Crippen molar-refractivity contribution in [2.45, 2.75) is 18.2 Å². The summed E-state index contributed by atoms with van der Waals surface area (Å²) >= 11 is 0. The van der Waals surface area contributed by atoms with Crippen molar-refractivity contribution in [2.75, 3.05) is 10.0 Å². The summed E-state index contributed by atoms with van der Waals surface area (Å²) < 4.78 is 40.7. The van der Waals surface area contributed by atoms with E-state index >= 15 is 0 Å². The summed E-state index contributed by atoms with van der Waals surface area (Å²) in [5.41, 5.74) is 1.85. The van der Waals surface area contributed by atoms with E-state index in [2.05, 4.69) is 10.0 Å². The minimum atomic E-state index is -3.92. The quantitative estimate of drug-likeness (QED) is 0.912. The van der Waals surface area contributed by atoms with E-state index in [0.717, 1.165) is 5.56 Å². The second-order valence-electron chi connectivity index (χ2n) is 5.13. The third-order valence-corrected chi connectivity index (χ3v) is 4.74. The van der Waals surface area contributed by atoms with E-state index in [4.69, 9.17) is 0 Å². The van der Waals surface area contributed by atoms with Crippen LogP contribution in [0.4, 0.5) is 15.8 Å². The van der Waals surface area contributed by atoms with Crippen molar-refractivity contribution in [1.29, 1.82) is 0 Å². The van der Waals surface area contributed by atoms with E-state index in [1.54, 1.807) is 13.0 Å². The van der Waals surface area contributed by atoms with Crippen LogP contribution < -0.4 is 10.0 Å². The summed E-state index contributed by atoms with van der Waals surface area (Å²) in [6.45, 7) is 1.74. The zero-order chi connectivity index (χ0) is 15.9. The summed E-state index contributed by atoms with van der Waals surface area (Å²) in [6, 6.07) is 8.51. The van der Waals surface area contributed by atoms with Gasteiger partial charge in [0.15, 0.2) is 0 Å². The van der Waals surface area contributed by atoms with Gasteiger partial charge in [0.05, 0.1) is 17.0 Å². The fraction of sp³-hybridized carbons (Fsp3) is 0.133. The van der Waals surface area contributed by atoms with E-state index in [1.165, 1.54) is 30.3 Å². The molecule has 0 aliphatic carbocycles. The lowest BCUT2D eigenvalue weighted by Gasteiger charge is -2.10. The maximum Gasteiger partial charge on any atom is 0.261 e. The highest BCUT2D eigenvalue weighted by molar-refractivity contribution is 7.92. The molecule has 0 bridgehead atoms. The lowest BCUT2D eigenvalue weighted by molar-refractivity contribution is -0.115. The first-order valence-electron chi connectivity index (χ1n) is 6.57. The summed E-state index contributed by atoms with van der Waals surface area (Å²) in [7, 11) is -3.92. The molecule has 0 fully saturated rings. The first-order chi connectivity index (χ1) is 10.3. The number of carbonyl (C=O) groups excluding carboxylic acids is 1. The van der Waals surface area contributed by atoms with Crippen LogP contribution in [0.5, 0.6) is 0 Å². The van der Waals surface area contributed by atoms with Crippen LogP contribution in [0, 0.1) is 12.7 Å². The zero-order valence-corrected chi connectivity index (χ0v) is 12.5. The smallest absolute Gasteiger partial charge is 0.261 e. The van der Waals surface area contributed by atoms with E-state index < -0.39 is 15.8 Å². The summed E-state index contributed by atoms with van der Waals surface area (Å²) in [5, 5.41) is 2.63. The maximum absolute atomic E-state index is 13.7. The molecule has 3 rings (SSSR count). The molecule has 7 heteroatoms. The lowest BCUT2D eigenvalue weighted by atomic mass is 10.2. The average molecular weight is 320 g/mol. The maximum atomic E-state index is 13.7. The molecule has 0 atom stereocenters. The number of benzene rings is 2. The van der Waals surface area contributed by atoms with Gasteiger partial charge in [-0.25, -0.2) is 12.8 Å². The Labute approximate surface area is 127 Å². The number of nitrogens with one attached hydrogen (secondary N) is 2. The molecule has 0 saturated heterocycles. The van der Waals surface area contributed by atoms with Crippen molar-refractivity contribution in [3.8, 4) is 0 Å². The van der Waals surface area contributed by atoms with Crippen LogP contribution in [-0.2, 0) is 21.2 Å². The molecule has 1 aliphatic rings. The minimum Gasteiger partial charge on any atom is -0.326 e. The van der Waals surface area contributed by atoms with Crippen LogP contribution in [-0.4, -0.2) is 14.3 Å². The van der Waals surface area contributed by atoms with Gasteiger partial charge in [-0.1, -0.05) is 6.07 Å². The van der Waals surface area contributed by atoms with Crippen molar-refractivity contribution in [1.82, 2.24) is 0 Å². The molecule has 1 amide bonds. The Morgan fingerprint density at radius 1 is 1.18 bits per heavy atom. The van der Waals surface area contributed by atoms with E-state index in [1.807, 2.05) is 0 Å². The number of amides is 1. The van der Waals surface area contributed by atoms with E-state index in [0.29, 0.717) is 11.3 Å². The third-order valence-electron chi connectivity index (χ3n) is 3.38. The fourth-order valence-corrected chi connectivity index (χ4v) is 3.40. The number of fused-ring (bicyclic) bond motifs is 1. The fourth-order valence-electron chi connectivity index (χ4n) is 2.29. The van der Waals surface area contributed by atoms with Crippen LogP contribution in [0.15, 0.2) is 41.3 Å². The van der Waals surface area contributed by atoms with Crippen molar-refractivity contribution in [3.63, 3.8) is 0 Å². The molecule has 1 aliphatic heterocycles. The number of carbonyl (C=O) groups is 1. The van der Waals surface area contributed by atoms with Gasteiger partial charge in [-0.2, -0.15) is 0 Å². The predicted molar refractivity (Wildman–Crippen MR) is 80.7 cm³/mol. The average Bonchev–Trinajstić information content (AvgIpc) is 2.81. The summed E-state index contributed by atoms with van der Waals surface area (Å²) in [6.07, 6.45) is 0.136. The largest absolute Gasteiger partial charge is 0.326 e. The molecule has 0 aromatic heterocycles. The Morgan fingerprint density at radius 3 is 2.73 bits per heavy atom. The van der Waals surface area contributed by atoms with Gasteiger partial charge in [-0.05, 0) is 48.4 Å². The predicted octanol–water partition coefficient (Wildman–Crippen LogP) is 2.43. The van der Waals surface area contributed by atoms with Crippen LogP contribution in [0.2, 0.25) is 0 Å². The highest BCUT2D eigenvalue weighted by Gasteiger charge is 2.22. The number of sulfonamides is 1. The van der Waals surface area contributed by atoms with Gasteiger partial charge < -0.3 is 5.32 Å². The van der Waals surface area contributed by atoms with Crippen LogP contribution in [0.3, 0.4) is 0 Å². The second-order valence-corrected chi connectivity index (χ2v) is 6.82. The molecule has 2 aromatic carbocycles. The molecule has 0 saturated carbocycles.